The van der Waals surface area contributed by atoms with Crippen molar-refractivity contribution in [2.45, 2.75) is 4.90 Å². The number of sulfonamides is 1. The van der Waals surface area contributed by atoms with E-state index in [1.54, 1.807) is 14.1 Å². The normalized spacial score (nSPS) is 11.2. The van der Waals surface area contributed by atoms with Gasteiger partial charge in [0.25, 0.3) is 15.9 Å². The number of halogens is 1. The Hall–Kier alpha value is -3.24. The second-order valence-electron chi connectivity index (χ2n) is 6.61. The standard InChI is InChI=1S/C21H23ClN2O7S/c1-24(2)21(26)14-7-8-15(22)16(12-14)23-32(27,28)18-11-13(6-9-19(25)30-4)10-17(29-3)20(18)31-5/h6-12,23H,1-5H3/b9-6+. The van der Waals surface area contributed by atoms with Crippen molar-refractivity contribution in [3.8, 4) is 11.5 Å². The van der Waals surface area contributed by atoms with Crippen molar-refractivity contribution < 1.29 is 32.2 Å². The molecule has 0 aromatic heterocycles. The van der Waals surface area contributed by atoms with Crippen molar-refractivity contribution in [1.29, 1.82) is 0 Å². The first-order chi connectivity index (χ1) is 15.0. The van der Waals surface area contributed by atoms with Crippen LogP contribution < -0.4 is 14.2 Å². The van der Waals surface area contributed by atoms with Crippen molar-refractivity contribution in [1.82, 2.24) is 4.90 Å². The van der Waals surface area contributed by atoms with E-state index in [0.717, 1.165) is 6.08 Å². The molecule has 0 aliphatic rings. The number of nitrogens with zero attached hydrogens (tertiary/aromatic N) is 1. The summed E-state index contributed by atoms with van der Waals surface area (Å²) in [6, 6.07) is 7.05. The summed E-state index contributed by atoms with van der Waals surface area (Å²) in [5.74, 6) is -0.859. The molecule has 0 spiro atoms. The summed E-state index contributed by atoms with van der Waals surface area (Å²) >= 11 is 6.17. The molecule has 0 atom stereocenters. The lowest BCUT2D eigenvalue weighted by molar-refractivity contribution is -0.134. The number of hydrogen-bond donors (Lipinski definition) is 1. The van der Waals surface area contributed by atoms with Crippen LogP contribution in [0.1, 0.15) is 15.9 Å². The number of nitrogens with one attached hydrogen (secondary N) is 1. The maximum absolute atomic E-state index is 13.2. The van der Waals surface area contributed by atoms with E-state index in [-0.39, 0.29) is 38.6 Å². The molecule has 0 saturated heterocycles. The van der Waals surface area contributed by atoms with Gasteiger partial charge in [0.1, 0.15) is 4.90 Å². The van der Waals surface area contributed by atoms with Gasteiger partial charge in [-0.1, -0.05) is 11.6 Å². The molecule has 0 aliphatic heterocycles. The summed E-state index contributed by atoms with van der Waals surface area (Å²) in [6.07, 6.45) is 2.51. The van der Waals surface area contributed by atoms with Crippen molar-refractivity contribution in [3.05, 3.63) is 52.6 Å². The van der Waals surface area contributed by atoms with Gasteiger partial charge in [-0.25, -0.2) is 13.2 Å². The summed E-state index contributed by atoms with van der Waals surface area (Å²) < 4.78 is 43.9. The predicted octanol–water partition coefficient (Wildman–Crippen LogP) is 3.05. The van der Waals surface area contributed by atoms with Gasteiger partial charge in [-0.15, -0.1) is 0 Å². The summed E-state index contributed by atoms with van der Waals surface area (Å²) in [4.78, 5) is 24.8. The van der Waals surface area contributed by atoms with Crippen LogP contribution >= 0.6 is 11.6 Å². The van der Waals surface area contributed by atoms with Gasteiger partial charge in [0.15, 0.2) is 11.5 Å². The molecular weight excluding hydrogens is 460 g/mol. The maximum atomic E-state index is 13.2. The lowest BCUT2D eigenvalue weighted by Crippen LogP contribution is -2.22. The Bertz CT molecular complexity index is 1160. The first-order valence-corrected chi connectivity index (χ1v) is 11.0. The zero-order chi connectivity index (χ0) is 24.1. The number of methoxy groups -OCH3 is 3. The Morgan fingerprint density at radius 2 is 1.75 bits per heavy atom. The smallest absolute Gasteiger partial charge is 0.330 e. The predicted molar refractivity (Wildman–Crippen MR) is 121 cm³/mol. The molecule has 0 saturated carbocycles. The van der Waals surface area contributed by atoms with Crippen LogP contribution in [0, 0.1) is 0 Å². The highest BCUT2D eigenvalue weighted by Gasteiger charge is 2.25. The van der Waals surface area contributed by atoms with Gasteiger partial charge in [-0.3, -0.25) is 9.52 Å². The molecule has 0 fully saturated rings. The molecule has 0 unspecified atom stereocenters. The maximum Gasteiger partial charge on any atom is 0.330 e. The van der Waals surface area contributed by atoms with E-state index < -0.39 is 16.0 Å². The molecule has 172 valence electrons. The van der Waals surface area contributed by atoms with Gasteiger partial charge >= 0.3 is 5.97 Å². The van der Waals surface area contributed by atoms with E-state index in [0.29, 0.717) is 5.56 Å². The second-order valence-corrected chi connectivity index (χ2v) is 8.67. The van der Waals surface area contributed by atoms with E-state index in [4.69, 9.17) is 21.1 Å². The molecule has 0 radical (unpaired) electrons. The number of anilines is 1. The molecule has 1 amide bonds. The van der Waals surface area contributed by atoms with E-state index in [9.17, 15) is 18.0 Å². The molecule has 0 aliphatic carbocycles. The number of amides is 1. The van der Waals surface area contributed by atoms with Crippen LogP contribution in [-0.2, 0) is 19.6 Å². The molecule has 0 heterocycles. The number of carbonyl (C=O) groups is 2. The van der Waals surface area contributed by atoms with Crippen LogP contribution in [0.15, 0.2) is 41.3 Å². The average molecular weight is 483 g/mol. The van der Waals surface area contributed by atoms with Crippen LogP contribution in [0.2, 0.25) is 5.02 Å². The SMILES string of the molecule is COC(=O)/C=C/c1cc(OC)c(OC)c(S(=O)(=O)Nc2cc(C(=O)N(C)C)ccc2Cl)c1. The van der Waals surface area contributed by atoms with Crippen LogP contribution in [0.3, 0.4) is 0 Å². The van der Waals surface area contributed by atoms with Crippen LogP contribution in [0.5, 0.6) is 11.5 Å². The fourth-order valence-corrected chi connectivity index (χ4v) is 4.18. The van der Waals surface area contributed by atoms with Gasteiger partial charge in [0, 0.05) is 25.7 Å². The first kappa shape index (κ1) is 25.0. The monoisotopic (exact) mass is 482 g/mol. The summed E-state index contributed by atoms with van der Waals surface area (Å²) in [7, 11) is 2.76. The summed E-state index contributed by atoms with van der Waals surface area (Å²) in [5.41, 5.74) is 0.600. The van der Waals surface area contributed by atoms with Crippen molar-refractivity contribution in [3.63, 3.8) is 0 Å². The molecule has 2 aromatic carbocycles. The molecule has 2 rings (SSSR count). The van der Waals surface area contributed by atoms with Crippen molar-refractivity contribution in [2.24, 2.45) is 0 Å². The fraction of sp³-hybridized carbons (Fsp3) is 0.238. The van der Waals surface area contributed by atoms with Crippen molar-refractivity contribution >= 4 is 45.3 Å². The number of hydrogen-bond acceptors (Lipinski definition) is 7. The van der Waals surface area contributed by atoms with Gasteiger partial charge in [-0.05, 0) is 42.0 Å². The highest BCUT2D eigenvalue weighted by atomic mass is 35.5. The number of esters is 1. The highest BCUT2D eigenvalue weighted by molar-refractivity contribution is 7.92. The van der Waals surface area contributed by atoms with E-state index >= 15 is 0 Å². The number of rotatable bonds is 8. The zero-order valence-electron chi connectivity index (χ0n) is 18.1. The molecule has 2 aromatic rings. The van der Waals surface area contributed by atoms with Crippen LogP contribution in [0.25, 0.3) is 6.08 Å². The molecule has 32 heavy (non-hydrogen) atoms. The molecule has 9 nitrogen and oxygen atoms in total. The minimum Gasteiger partial charge on any atom is -0.493 e. The van der Waals surface area contributed by atoms with E-state index in [1.807, 2.05) is 0 Å². The van der Waals surface area contributed by atoms with Gasteiger partial charge in [0.2, 0.25) is 0 Å². The topological polar surface area (TPSA) is 111 Å². The Morgan fingerprint density at radius 3 is 2.31 bits per heavy atom. The van der Waals surface area contributed by atoms with E-state index in [1.165, 1.54) is 62.6 Å². The lowest BCUT2D eigenvalue weighted by Gasteiger charge is -2.17. The fourth-order valence-electron chi connectivity index (χ4n) is 2.67. The lowest BCUT2D eigenvalue weighted by atomic mass is 10.2. The molecule has 1 N–H and O–H groups in total. The van der Waals surface area contributed by atoms with Gasteiger partial charge < -0.3 is 19.1 Å². The quantitative estimate of drug-likeness (QED) is 0.454. The summed E-state index contributed by atoms with van der Waals surface area (Å²) in [6.45, 7) is 0. The van der Waals surface area contributed by atoms with Crippen LogP contribution in [0.4, 0.5) is 5.69 Å². The minimum absolute atomic E-state index is 0.0101. The molecule has 11 heteroatoms. The third-order valence-electron chi connectivity index (χ3n) is 4.23. The van der Waals surface area contributed by atoms with Crippen LogP contribution in [-0.4, -0.2) is 60.6 Å². The largest absolute Gasteiger partial charge is 0.493 e. The highest BCUT2D eigenvalue weighted by Crippen LogP contribution is 2.37. The Morgan fingerprint density at radius 1 is 1.06 bits per heavy atom. The summed E-state index contributed by atoms with van der Waals surface area (Å²) in [5, 5.41) is 0.0940. The third-order valence-corrected chi connectivity index (χ3v) is 5.93. The zero-order valence-corrected chi connectivity index (χ0v) is 19.7. The second kappa shape index (κ2) is 10.4. The third kappa shape index (κ3) is 5.71. The molecule has 0 bridgehead atoms. The van der Waals surface area contributed by atoms with E-state index in [2.05, 4.69) is 9.46 Å². The first-order valence-electron chi connectivity index (χ1n) is 9.10. The van der Waals surface area contributed by atoms with Crippen molar-refractivity contribution in [2.75, 3.05) is 40.1 Å². The number of ether oxygens (including phenoxy) is 3. The Labute approximate surface area is 191 Å². The van der Waals surface area contributed by atoms with Gasteiger partial charge in [0.05, 0.1) is 32.0 Å². The number of carbonyl (C=O) groups excluding carboxylic acids is 2. The van der Waals surface area contributed by atoms with Gasteiger partial charge in [-0.2, -0.15) is 0 Å². The average Bonchev–Trinajstić information content (AvgIpc) is 2.77. The minimum atomic E-state index is -4.25. The Balaban J connectivity index is 2.58. The Kier molecular flexibility index (Phi) is 8.12. The number of benzene rings is 2. The molecular formula is C21H23ClN2O7S.